The number of halogens is 2. The SMILES string of the molecule is Clc1cccc(CNc2cc(C3CCCCC3)cc(N3CCCCC3)c2)c1Cl. The molecule has 2 aromatic rings. The summed E-state index contributed by atoms with van der Waals surface area (Å²) in [4.78, 5) is 2.56. The predicted molar refractivity (Wildman–Crippen MR) is 122 cm³/mol. The maximum absolute atomic E-state index is 6.39. The molecular formula is C24H30Cl2N2. The molecular weight excluding hydrogens is 387 g/mol. The maximum Gasteiger partial charge on any atom is 0.0642 e. The second-order valence-electron chi connectivity index (χ2n) is 8.26. The van der Waals surface area contributed by atoms with Crippen molar-refractivity contribution < 1.29 is 0 Å². The number of hydrogen-bond donors (Lipinski definition) is 1. The molecule has 1 N–H and O–H groups in total. The van der Waals surface area contributed by atoms with Crippen molar-refractivity contribution >= 4 is 34.6 Å². The zero-order valence-corrected chi connectivity index (χ0v) is 18.0. The van der Waals surface area contributed by atoms with E-state index in [9.17, 15) is 0 Å². The molecule has 2 nitrogen and oxygen atoms in total. The average Bonchev–Trinajstić information content (AvgIpc) is 2.76. The van der Waals surface area contributed by atoms with E-state index in [1.807, 2.05) is 18.2 Å². The fourth-order valence-electron chi connectivity index (χ4n) is 4.63. The summed E-state index contributed by atoms with van der Waals surface area (Å²) in [5, 5.41) is 4.88. The number of anilines is 2. The van der Waals surface area contributed by atoms with Gasteiger partial charge in [0.1, 0.15) is 0 Å². The lowest BCUT2D eigenvalue weighted by atomic mass is 9.83. The molecule has 0 atom stereocenters. The fraction of sp³-hybridized carbons (Fsp3) is 0.500. The van der Waals surface area contributed by atoms with E-state index in [1.54, 1.807) is 0 Å². The van der Waals surface area contributed by atoms with Crippen LogP contribution in [-0.2, 0) is 6.54 Å². The van der Waals surface area contributed by atoms with Crippen molar-refractivity contribution in [2.75, 3.05) is 23.3 Å². The molecule has 2 aliphatic rings. The summed E-state index contributed by atoms with van der Waals surface area (Å²) < 4.78 is 0. The first-order valence-corrected chi connectivity index (χ1v) is 11.5. The van der Waals surface area contributed by atoms with E-state index in [1.165, 1.54) is 81.4 Å². The molecule has 0 aromatic heterocycles. The summed E-state index contributed by atoms with van der Waals surface area (Å²) in [7, 11) is 0. The van der Waals surface area contributed by atoms with Crippen LogP contribution in [0, 0.1) is 0 Å². The number of nitrogens with zero attached hydrogens (tertiary/aromatic N) is 1. The van der Waals surface area contributed by atoms with E-state index in [4.69, 9.17) is 23.2 Å². The molecule has 1 aliphatic heterocycles. The van der Waals surface area contributed by atoms with Crippen LogP contribution in [0.5, 0.6) is 0 Å². The van der Waals surface area contributed by atoms with Gasteiger partial charge in [-0.05, 0) is 73.4 Å². The minimum atomic E-state index is 0.617. The Morgan fingerprint density at radius 3 is 2.43 bits per heavy atom. The Balaban J connectivity index is 1.58. The predicted octanol–water partition coefficient (Wildman–Crippen LogP) is 7.64. The van der Waals surface area contributed by atoms with Gasteiger partial charge in [0.2, 0.25) is 0 Å². The Morgan fingerprint density at radius 1 is 0.893 bits per heavy atom. The molecule has 150 valence electrons. The van der Waals surface area contributed by atoms with Gasteiger partial charge in [-0.15, -0.1) is 0 Å². The largest absolute Gasteiger partial charge is 0.381 e. The molecule has 1 aliphatic carbocycles. The van der Waals surface area contributed by atoms with Crippen LogP contribution in [0.3, 0.4) is 0 Å². The minimum absolute atomic E-state index is 0.617. The third-order valence-corrected chi connectivity index (χ3v) is 7.11. The second kappa shape index (κ2) is 9.41. The summed E-state index contributed by atoms with van der Waals surface area (Å²) in [5.74, 6) is 0.703. The molecule has 0 unspecified atom stereocenters. The van der Waals surface area contributed by atoms with Crippen molar-refractivity contribution in [3.63, 3.8) is 0 Å². The Bertz CT molecular complexity index is 757. The van der Waals surface area contributed by atoms with Crippen LogP contribution < -0.4 is 10.2 Å². The van der Waals surface area contributed by atoms with Crippen molar-refractivity contribution in [3.05, 3.63) is 57.6 Å². The molecule has 2 aromatic carbocycles. The maximum atomic E-state index is 6.39. The first-order valence-electron chi connectivity index (χ1n) is 10.8. The minimum Gasteiger partial charge on any atom is -0.381 e. The topological polar surface area (TPSA) is 15.3 Å². The molecule has 4 rings (SSSR count). The number of rotatable bonds is 5. The van der Waals surface area contributed by atoms with Gasteiger partial charge in [0, 0.05) is 31.0 Å². The van der Waals surface area contributed by atoms with Crippen molar-refractivity contribution in [1.82, 2.24) is 0 Å². The molecule has 2 fully saturated rings. The van der Waals surface area contributed by atoms with Gasteiger partial charge in [-0.3, -0.25) is 0 Å². The van der Waals surface area contributed by atoms with E-state index in [0.717, 1.165) is 5.56 Å². The normalized spacial score (nSPS) is 18.3. The summed E-state index contributed by atoms with van der Waals surface area (Å²) in [6, 6.07) is 13.0. The Labute approximate surface area is 179 Å². The van der Waals surface area contributed by atoms with Gasteiger partial charge in [0.05, 0.1) is 10.0 Å². The highest BCUT2D eigenvalue weighted by molar-refractivity contribution is 6.42. The molecule has 0 spiro atoms. The highest BCUT2D eigenvalue weighted by Gasteiger charge is 2.19. The van der Waals surface area contributed by atoms with Crippen LogP contribution in [0.25, 0.3) is 0 Å². The third kappa shape index (κ3) is 4.78. The van der Waals surface area contributed by atoms with Crippen LogP contribution in [0.1, 0.15) is 68.4 Å². The van der Waals surface area contributed by atoms with Crippen molar-refractivity contribution in [2.24, 2.45) is 0 Å². The lowest BCUT2D eigenvalue weighted by molar-refractivity contribution is 0.443. The monoisotopic (exact) mass is 416 g/mol. The molecule has 4 heteroatoms. The van der Waals surface area contributed by atoms with Crippen molar-refractivity contribution in [1.29, 1.82) is 0 Å². The van der Waals surface area contributed by atoms with E-state index >= 15 is 0 Å². The van der Waals surface area contributed by atoms with Crippen LogP contribution >= 0.6 is 23.2 Å². The number of benzene rings is 2. The fourth-order valence-corrected chi connectivity index (χ4v) is 5.01. The van der Waals surface area contributed by atoms with Crippen LogP contribution in [-0.4, -0.2) is 13.1 Å². The van der Waals surface area contributed by atoms with Gasteiger partial charge < -0.3 is 10.2 Å². The highest BCUT2D eigenvalue weighted by atomic mass is 35.5. The first-order chi connectivity index (χ1) is 13.7. The third-order valence-electron chi connectivity index (χ3n) is 6.25. The number of nitrogens with one attached hydrogen (secondary N) is 1. The van der Waals surface area contributed by atoms with Gasteiger partial charge in [-0.1, -0.05) is 54.6 Å². The van der Waals surface area contributed by atoms with E-state index in [0.29, 0.717) is 22.5 Å². The van der Waals surface area contributed by atoms with Gasteiger partial charge in [-0.25, -0.2) is 0 Å². The Hall–Kier alpha value is -1.38. The molecule has 1 saturated heterocycles. The van der Waals surface area contributed by atoms with Crippen LogP contribution in [0.4, 0.5) is 11.4 Å². The zero-order valence-electron chi connectivity index (χ0n) is 16.5. The quantitative estimate of drug-likeness (QED) is 0.538. The summed E-state index contributed by atoms with van der Waals surface area (Å²) in [6.07, 6.45) is 10.7. The summed E-state index contributed by atoms with van der Waals surface area (Å²) >= 11 is 12.6. The molecule has 1 heterocycles. The van der Waals surface area contributed by atoms with Crippen molar-refractivity contribution in [3.8, 4) is 0 Å². The molecule has 0 amide bonds. The van der Waals surface area contributed by atoms with Gasteiger partial charge in [-0.2, -0.15) is 0 Å². The Kier molecular flexibility index (Phi) is 6.69. The smallest absolute Gasteiger partial charge is 0.0642 e. The summed E-state index contributed by atoms with van der Waals surface area (Å²) in [5.41, 5.74) is 5.11. The lowest BCUT2D eigenvalue weighted by Crippen LogP contribution is -2.29. The Morgan fingerprint density at radius 2 is 1.64 bits per heavy atom. The van der Waals surface area contributed by atoms with Gasteiger partial charge in [0.15, 0.2) is 0 Å². The zero-order chi connectivity index (χ0) is 19.3. The van der Waals surface area contributed by atoms with E-state index in [2.05, 4.69) is 28.4 Å². The second-order valence-corrected chi connectivity index (χ2v) is 9.05. The van der Waals surface area contributed by atoms with Crippen LogP contribution in [0.2, 0.25) is 10.0 Å². The van der Waals surface area contributed by atoms with Gasteiger partial charge in [0.25, 0.3) is 0 Å². The molecule has 0 bridgehead atoms. The number of hydrogen-bond acceptors (Lipinski definition) is 2. The van der Waals surface area contributed by atoms with Gasteiger partial charge >= 0.3 is 0 Å². The standard InChI is InChI=1S/C24H30Cl2N2/c25-23-11-7-10-19(24(23)26)17-27-21-14-20(18-8-3-1-4-9-18)15-22(16-21)28-12-5-2-6-13-28/h7,10-11,14-16,18,27H,1-6,8-9,12-13,17H2. The van der Waals surface area contributed by atoms with Crippen molar-refractivity contribution in [2.45, 2.75) is 63.8 Å². The molecule has 1 saturated carbocycles. The number of piperidine rings is 1. The van der Waals surface area contributed by atoms with Crippen LogP contribution in [0.15, 0.2) is 36.4 Å². The molecule has 0 radical (unpaired) electrons. The summed E-state index contributed by atoms with van der Waals surface area (Å²) in [6.45, 7) is 3.04. The van der Waals surface area contributed by atoms with E-state index in [-0.39, 0.29) is 0 Å². The molecule has 28 heavy (non-hydrogen) atoms. The highest BCUT2D eigenvalue weighted by Crippen LogP contribution is 2.37. The van der Waals surface area contributed by atoms with E-state index < -0.39 is 0 Å². The average molecular weight is 417 g/mol. The first kappa shape index (κ1) is 19.9. The lowest BCUT2D eigenvalue weighted by Gasteiger charge is -2.31.